The van der Waals surface area contributed by atoms with Gasteiger partial charge < -0.3 is 14.2 Å². The van der Waals surface area contributed by atoms with E-state index in [1.165, 1.54) is 38.5 Å². The number of carbonyl (C=O) groups excluding carboxylic acids is 3. The van der Waals surface area contributed by atoms with Gasteiger partial charge in [-0.25, -0.2) is 0 Å². The van der Waals surface area contributed by atoms with E-state index < -0.39 is 6.10 Å². The molecule has 1 atom stereocenters. The molecule has 0 amide bonds. The molecule has 0 aromatic heterocycles. The summed E-state index contributed by atoms with van der Waals surface area (Å²) < 4.78 is 16.8. The van der Waals surface area contributed by atoms with Crippen LogP contribution in [0.5, 0.6) is 0 Å². The van der Waals surface area contributed by atoms with E-state index in [1.807, 2.05) is 0 Å². The molecule has 0 N–H and O–H groups in total. The lowest BCUT2D eigenvalue weighted by Crippen LogP contribution is -2.30. The highest BCUT2D eigenvalue weighted by molar-refractivity contribution is 5.71. The van der Waals surface area contributed by atoms with E-state index in [0.29, 0.717) is 12.8 Å². The van der Waals surface area contributed by atoms with Crippen LogP contribution in [0.25, 0.3) is 0 Å². The van der Waals surface area contributed by atoms with Gasteiger partial charge in [0, 0.05) is 19.3 Å². The molecule has 378 valence electrons. The van der Waals surface area contributed by atoms with Gasteiger partial charge in [0.2, 0.25) is 0 Å². The number of allylic oxidation sites excluding steroid dienone is 20. The van der Waals surface area contributed by atoms with Crippen molar-refractivity contribution in [1.82, 2.24) is 0 Å². The third-order valence-corrected chi connectivity index (χ3v) is 11.0. The van der Waals surface area contributed by atoms with Crippen LogP contribution in [0, 0.1) is 0 Å². The zero-order valence-electron chi connectivity index (χ0n) is 43.1. The molecule has 0 saturated heterocycles. The highest BCUT2D eigenvalue weighted by atomic mass is 16.6. The van der Waals surface area contributed by atoms with Gasteiger partial charge in [-0.3, -0.25) is 14.4 Å². The zero-order valence-corrected chi connectivity index (χ0v) is 43.1. The Morgan fingerprint density at radius 3 is 0.925 bits per heavy atom. The Morgan fingerprint density at radius 2 is 0.582 bits per heavy atom. The van der Waals surface area contributed by atoms with E-state index in [4.69, 9.17) is 14.2 Å². The lowest BCUT2D eigenvalue weighted by molar-refractivity contribution is -0.167. The molecule has 0 aliphatic carbocycles. The summed E-state index contributed by atoms with van der Waals surface area (Å²) in [6.45, 7) is 6.33. The summed E-state index contributed by atoms with van der Waals surface area (Å²) in [6.07, 6.45) is 74.7. The lowest BCUT2D eigenvalue weighted by Gasteiger charge is -2.18. The summed E-state index contributed by atoms with van der Waals surface area (Å²) in [6, 6.07) is 0. The van der Waals surface area contributed by atoms with Crippen molar-refractivity contribution in [3.8, 4) is 0 Å². The molecule has 0 aliphatic rings. The van der Waals surface area contributed by atoms with Gasteiger partial charge >= 0.3 is 17.9 Å². The molecule has 0 aliphatic heterocycles. The van der Waals surface area contributed by atoms with Gasteiger partial charge in [0.15, 0.2) is 6.10 Å². The average Bonchev–Trinajstić information content (AvgIpc) is 3.33. The van der Waals surface area contributed by atoms with Gasteiger partial charge in [-0.15, -0.1) is 0 Å². The first-order valence-corrected chi connectivity index (χ1v) is 27.0. The molecular formula is C61H98O6. The van der Waals surface area contributed by atoms with Gasteiger partial charge in [0.1, 0.15) is 13.2 Å². The van der Waals surface area contributed by atoms with Crippen LogP contribution in [-0.4, -0.2) is 37.2 Å². The first kappa shape index (κ1) is 62.8. The molecule has 0 rings (SSSR count). The van der Waals surface area contributed by atoms with Crippen LogP contribution in [0.3, 0.4) is 0 Å². The van der Waals surface area contributed by atoms with Crippen LogP contribution in [0.4, 0.5) is 0 Å². The van der Waals surface area contributed by atoms with Crippen molar-refractivity contribution >= 4 is 17.9 Å². The predicted octanol–water partition coefficient (Wildman–Crippen LogP) is 18.1. The number of hydrogen-bond acceptors (Lipinski definition) is 6. The fourth-order valence-corrected chi connectivity index (χ4v) is 6.96. The van der Waals surface area contributed by atoms with Gasteiger partial charge in [0.05, 0.1) is 0 Å². The van der Waals surface area contributed by atoms with E-state index in [2.05, 4.69) is 142 Å². The quantitative estimate of drug-likeness (QED) is 0.0262. The second kappa shape index (κ2) is 54.4. The van der Waals surface area contributed by atoms with E-state index in [9.17, 15) is 14.4 Å². The topological polar surface area (TPSA) is 78.9 Å². The van der Waals surface area contributed by atoms with Crippen LogP contribution >= 0.6 is 0 Å². The summed E-state index contributed by atoms with van der Waals surface area (Å²) in [4.78, 5) is 38.0. The van der Waals surface area contributed by atoms with E-state index >= 15 is 0 Å². The molecule has 0 spiro atoms. The highest BCUT2D eigenvalue weighted by Gasteiger charge is 2.19. The molecule has 0 aromatic carbocycles. The third kappa shape index (κ3) is 52.6. The maximum Gasteiger partial charge on any atom is 0.306 e. The van der Waals surface area contributed by atoms with Crippen molar-refractivity contribution in [2.75, 3.05) is 13.2 Å². The van der Waals surface area contributed by atoms with Crippen LogP contribution in [-0.2, 0) is 28.6 Å². The third-order valence-electron chi connectivity index (χ3n) is 11.0. The molecule has 6 nitrogen and oxygen atoms in total. The summed E-state index contributed by atoms with van der Waals surface area (Å²) in [7, 11) is 0. The molecule has 0 saturated carbocycles. The van der Waals surface area contributed by atoms with Crippen LogP contribution in [0.2, 0.25) is 0 Å². The summed E-state index contributed by atoms with van der Waals surface area (Å²) >= 11 is 0. The van der Waals surface area contributed by atoms with Crippen LogP contribution in [0.15, 0.2) is 122 Å². The molecule has 0 bridgehead atoms. The Hall–Kier alpha value is -4.19. The molecule has 67 heavy (non-hydrogen) atoms. The minimum absolute atomic E-state index is 0.1000. The molecule has 6 heteroatoms. The van der Waals surface area contributed by atoms with Gasteiger partial charge in [0.25, 0.3) is 0 Å². The van der Waals surface area contributed by atoms with Crippen molar-refractivity contribution in [3.63, 3.8) is 0 Å². The number of ether oxygens (including phenoxy) is 3. The second-order valence-corrected chi connectivity index (χ2v) is 17.4. The smallest absolute Gasteiger partial charge is 0.306 e. The number of hydrogen-bond donors (Lipinski definition) is 0. The number of rotatable bonds is 47. The van der Waals surface area contributed by atoms with Crippen molar-refractivity contribution in [2.24, 2.45) is 0 Å². The minimum atomic E-state index is -0.805. The molecule has 0 radical (unpaired) electrons. The van der Waals surface area contributed by atoms with Gasteiger partial charge in [-0.2, -0.15) is 0 Å². The van der Waals surface area contributed by atoms with Gasteiger partial charge in [-0.05, 0) is 109 Å². The summed E-state index contributed by atoms with van der Waals surface area (Å²) in [5, 5.41) is 0. The van der Waals surface area contributed by atoms with Crippen LogP contribution < -0.4 is 0 Å². The number of carbonyl (C=O) groups is 3. The maximum atomic E-state index is 12.8. The number of unbranched alkanes of at least 4 members (excludes halogenated alkanes) is 16. The molecule has 1 unspecified atom stereocenters. The predicted molar refractivity (Wildman–Crippen MR) is 288 cm³/mol. The van der Waals surface area contributed by atoms with Crippen LogP contribution in [0.1, 0.15) is 226 Å². The minimum Gasteiger partial charge on any atom is -0.462 e. The molecular weight excluding hydrogens is 829 g/mol. The van der Waals surface area contributed by atoms with E-state index in [-0.39, 0.29) is 37.5 Å². The Kier molecular flexibility index (Phi) is 51.0. The number of esters is 3. The second-order valence-electron chi connectivity index (χ2n) is 17.4. The first-order valence-electron chi connectivity index (χ1n) is 27.0. The SMILES string of the molecule is CC/C=C\C/C=C\C/C=C\C/C=C\C/C=C\CCCCCCCC(=O)OCC(COC(=O)CCCCCCCCCCC)OC(=O)CCCCC/C=C\C/C=C\C/C=C\C/C=C\C/C=C\CC. The van der Waals surface area contributed by atoms with E-state index in [0.717, 1.165) is 148 Å². The van der Waals surface area contributed by atoms with Crippen molar-refractivity contribution < 1.29 is 28.6 Å². The van der Waals surface area contributed by atoms with Crippen molar-refractivity contribution in [1.29, 1.82) is 0 Å². The fourth-order valence-electron chi connectivity index (χ4n) is 6.96. The summed E-state index contributed by atoms with van der Waals surface area (Å²) in [5.74, 6) is -0.960. The Labute approximate surface area is 412 Å². The Bertz CT molecular complexity index is 1440. The molecule has 0 aromatic rings. The van der Waals surface area contributed by atoms with Gasteiger partial charge in [-0.1, -0.05) is 219 Å². The standard InChI is InChI=1S/C61H98O6/c1-4-7-10-13-16-19-21-23-25-27-29-30-32-33-35-37-39-42-45-48-51-54-60(63)66-57-58(56-65-59(62)53-50-47-44-41-18-15-12-9-6-3)67-61(64)55-52-49-46-43-40-38-36-34-31-28-26-24-22-20-17-14-11-8-5-2/h7-8,10-11,16-17,19-20,23-26,29-31,33-35,38,40,58H,4-6,9,12-15,18,21-22,27-28,32,36-37,39,41-57H2,1-3H3/b10-7-,11-8-,19-16-,20-17-,25-23-,26-24-,30-29-,34-31-,35-33-,40-38-. The Morgan fingerprint density at radius 1 is 0.313 bits per heavy atom. The maximum absolute atomic E-state index is 12.8. The molecule has 0 heterocycles. The zero-order chi connectivity index (χ0) is 48.6. The first-order chi connectivity index (χ1) is 33.0. The largest absolute Gasteiger partial charge is 0.462 e. The average molecular weight is 927 g/mol. The highest BCUT2D eigenvalue weighted by Crippen LogP contribution is 2.13. The Balaban J connectivity index is 4.43. The normalized spacial score (nSPS) is 13.1. The molecule has 0 fully saturated rings. The van der Waals surface area contributed by atoms with Crippen molar-refractivity contribution in [2.45, 2.75) is 232 Å². The monoisotopic (exact) mass is 927 g/mol. The fraction of sp³-hybridized carbons (Fsp3) is 0.623. The van der Waals surface area contributed by atoms with E-state index in [1.54, 1.807) is 0 Å². The summed E-state index contributed by atoms with van der Waals surface area (Å²) in [5.41, 5.74) is 0. The lowest BCUT2D eigenvalue weighted by atomic mass is 10.1. The van der Waals surface area contributed by atoms with Crippen molar-refractivity contribution in [3.05, 3.63) is 122 Å².